The summed E-state index contributed by atoms with van der Waals surface area (Å²) < 4.78 is 44.2. The Morgan fingerprint density at radius 2 is 1.85 bits per heavy atom. The van der Waals surface area contributed by atoms with Gasteiger partial charge in [0.25, 0.3) is 0 Å². The highest BCUT2D eigenvalue weighted by atomic mass is 28.3. The lowest BCUT2D eigenvalue weighted by Gasteiger charge is -2.34. The molecule has 2 N–H and O–H groups in total. The number of hydrogen-bond acceptors (Lipinski definition) is 4. The number of urea groups is 1. The van der Waals surface area contributed by atoms with Crippen LogP contribution in [-0.4, -0.2) is 56.0 Å². The molecule has 1 aromatic rings. The summed E-state index contributed by atoms with van der Waals surface area (Å²) >= 11 is 0. The number of ether oxygens (including phenoxy) is 1. The van der Waals surface area contributed by atoms with Crippen LogP contribution in [0.1, 0.15) is 26.7 Å². The highest BCUT2D eigenvalue weighted by molar-refractivity contribution is 6.83. The van der Waals surface area contributed by atoms with E-state index in [1.54, 1.807) is 0 Å². The third-order valence-corrected chi connectivity index (χ3v) is 10.9. The molecule has 0 bridgehead atoms. The minimum atomic E-state index is -3.17. The summed E-state index contributed by atoms with van der Waals surface area (Å²) in [6.45, 7) is 7.52. The first-order chi connectivity index (χ1) is 15.8. The monoisotopic (exact) mass is 494 g/mol. The lowest BCUT2D eigenvalue weighted by molar-refractivity contribution is -0.120. The van der Waals surface area contributed by atoms with Crippen molar-refractivity contribution in [1.29, 1.82) is 0 Å². The van der Waals surface area contributed by atoms with Gasteiger partial charge in [-0.1, -0.05) is 25.7 Å². The fourth-order valence-corrected chi connectivity index (χ4v) is 7.22. The Bertz CT molecular complexity index is 1110. The van der Waals surface area contributed by atoms with E-state index in [9.17, 15) is 22.8 Å². The molecule has 1 aliphatic carbocycles. The number of rotatable bonds is 5. The van der Waals surface area contributed by atoms with Crippen molar-refractivity contribution in [1.82, 2.24) is 10.2 Å². The van der Waals surface area contributed by atoms with Crippen LogP contribution in [0.25, 0.3) is 0 Å². The van der Waals surface area contributed by atoms with Crippen molar-refractivity contribution in [2.45, 2.75) is 63.5 Å². The SMILES string of the molecule is CC1(C)C2=C(CN1C(=O)Nc1c(F)cccc1OC(F)F)C(NC(=O)C1([Si](C)(C)C)CC1)=NC2. The molecule has 11 heteroatoms. The van der Waals surface area contributed by atoms with E-state index in [0.717, 1.165) is 36.1 Å². The van der Waals surface area contributed by atoms with E-state index in [1.165, 1.54) is 11.0 Å². The van der Waals surface area contributed by atoms with Gasteiger partial charge in [0.05, 0.1) is 26.7 Å². The third kappa shape index (κ3) is 3.99. The number of amides is 3. The van der Waals surface area contributed by atoms with Crippen molar-refractivity contribution >= 4 is 31.5 Å². The number of halogens is 3. The summed E-state index contributed by atoms with van der Waals surface area (Å²) in [5.74, 6) is -0.892. The summed E-state index contributed by atoms with van der Waals surface area (Å²) in [5.41, 5.74) is 0.412. The van der Waals surface area contributed by atoms with Gasteiger partial charge in [0, 0.05) is 10.6 Å². The summed E-state index contributed by atoms with van der Waals surface area (Å²) in [4.78, 5) is 32.2. The summed E-state index contributed by atoms with van der Waals surface area (Å²) in [6.07, 6.45) is 1.75. The zero-order valence-electron chi connectivity index (χ0n) is 19.9. The van der Waals surface area contributed by atoms with Gasteiger partial charge in [0.1, 0.15) is 11.5 Å². The maximum Gasteiger partial charge on any atom is 0.387 e. The number of nitrogens with zero attached hydrogens (tertiary/aromatic N) is 2. The first-order valence-electron chi connectivity index (χ1n) is 11.2. The second kappa shape index (κ2) is 8.14. The van der Waals surface area contributed by atoms with E-state index in [1.807, 2.05) is 13.8 Å². The molecule has 0 saturated heterocycles. The van der Waals surface area contributed by atoms with E-state index in [2.05, 4.69) is 40.0 Å². The Labute approximate surface area is 197 Å². The third-order valence-electron chi connectivity index (χ3n) is 7.30. The molecular weight excluding hydrogens is 465 g/mol. The Morgan fingerprint density at radius 3 is 2.44 bits per heavy atom. The standard InChI is InChI=1S/C23H29F3N4O3Si/c1-22(2)14-11-27-18(29-19(31)23(9-10-23)34(3,4)5)13(14)12-30(22)21(32)28-17-15(24)7-6-8-16(17)33-20(25)26/h6-8,20H,9-12H2,1-5H3,(H,28,32)(H,27,29,31). The lowest BCUT2D eigenvalue weighted by atomic mass is 9.94. The predicted molar refractivity (Wildman–Crippen MR) is 126 cm³/mol. The maximum absolute atomic E-state index is 14.4. The zero-order chi connectivity index (χ0) is 25.1. The Balaban J connectivity index is 1.51. The minimum Gasteiger partial charge on any atom is -0.432 e. The van der Waals surface area contributed by atoms with Gasteiger partial charge in [0.2, 0.25) is 5.91 Å². The number of alkyl halides is 2. The number of carbonyl (C=O) groups is 2. The van der Waals surface area contributed by atoms with E-state index < -0.39 is 43.5 Å². The predicted octanol–water partition coefficient (Wildman–Crippen LogP) is 4.75. The van der Waals surface area contributed by atoms with Gasteiger partial charge in [-0.2, -0.15) is 8.78 Å². The highest BCUT2D eigenvalue weighted by Crippen LogP contribution is 2.60. The molecule has 4 rings (SSSR count). The van der Waals surface area contributed by atoms with Crippen molar-refractivity contribution in [2.24, 2.45) is 4.99 Å². The second-order valence-electron chi connectivity index (χ2n) is 10.5. The minimum absolute atomic E-state index is 0.0139. The number of benzene rings is 1. The maximum atomic E-state index is 14.4. The van der Waals surface area contributed by atoms with E-state index in [-0.39, 0.29) is 17.5 Å². The van der Waals surface area contributed by atoms with Crippen LogP contribution >= 0.6 is 0 Å². The molecule has 3 amide bonds. The first kappa shape index (κ1) is 24.3. The number of para-hydroxylation sites is 1. The molecule has 34 heavy (non-hydrogen) atoms. The van der Waals surface area contributed by atoms with Crippen LogP contribution in [0.3, 0.4) is 0 Å². The average molecular weight is 495 g/mol. The van der Waals surface area contributed by atoms with Crippen LogP contribution in [-0.2, 0) is 4.79 Å². The molecule has 1 fully saturated rings. The van der Waals surface area contributed by atoms with Gasteiger partial charge in [-0.25, -0.2) is 9.18 Å². The largest absolute Gasteiger partial charge is 0.432 e. The fraction of sp³-hybridized carbons (Fsp3) is 0.522. The van der Waals surface area contributed by atoms with Crippen LogP contribution in [0, 0.1) is 5.82 Å². The summed E-state index contributed by atoms with van der Waals surface area (Å²) in [7, 11) is -1.73. The highest BCUT2D eigenvalue weighted by Gasteiger charge is 2.59. The molecule has 7 nitrogen and oxygen atoms in total. The molecular formula is C23H29F3N4O3Si. The van der Waals surface area contributed by atoms with Crippen molar-refractivity contribution in [3.05, 3.63) is 35.2 Å². The molecule has 184 valence electrons. The van der Waals surface area contributed by atoms with Gasteiger partial charge in [-0.3, -0.25) is 9.79 Å². The van der Waals surface area contributed by atoms with Gasteiger partial charge in [-0.15, -0.1) is 0 Å². The van der Waals surface area contributed by atoms with Gasteiger partial charge in [-0.05, 0) is 44.4 Å². The Hall–Kier alpha value is -2.82. The normalized spacial score (nSPS) is 20.3. The van der Waals surface area contributed by atoms with Gasteiger partial charge >= 0.3 is 12.6 Å². The molecule has 0 radical (unpaired) electrons. The topological polar surface area (TPSA) is 83.0 Å². The smallest absolute Gasteiger partial charge is 0.387 e. The zero-order valence-corrected chi connectivity index (χ0v) is 20.9. The van der Waals surface area contributed by atoms with Crippen LogP contribution < -0.4 is 15.4 Å². The van der Waals surface area contributed by atoms with Crippen LogP contribution in [0.2, 0.25) is 24.7 Å². The van der Waals surface area contributed by atoms with E-state index in [4.69, 9.17) is 0 Å². The molecule has 3 aliphatic rings. The molecule has 1 aromatic carbocycles. The number of anilines is 1. The first-order valence-corrected chi connectivity index (χ1v) is 14.7. The molecule has 2 aliphatic heterocycles. The van der Waals surface area contributed by atoms with Gasteiger partial charge in [0.15, 0.2) is 11.6 Å². The quantitative estimate of drug-likeness (QED) is 0.580. The van der Waals surface area contributed by atoms with Crippen molar-refractivity contribution in [3.8, 4) is 5.75 Å². The second-order valence-corrected chi connectivity index (χ2v) is 15.9. The van der Waals surface area contributed by atoms with Gasteiger partial charge < -0.3 is 20.3 Å². The van der Waals surface area contributed by atoms with Crippen LogP contribution in [0.5, 0.6) is 5.75 Å². The number of aliphatic imine (C=N–C) groups is 1. The van der Waals surface area contributed by atoms with Crippen molar-refractivity contribution in [2.75, 3.05) is 18.4 Å². The number of amidine groups is 1. The van der Waals surface area contributed by atoms with Crippen molar-refractivity contribution < 1.29 is 27.5 Å². The fourth-order valence-electron chi connectivity index (χ4n) is 4.85. The Morgan fingerprint density at radius 1 is 1.18 bits per heavy atom. The Kier molecular flexibility index (Phi) is 5.82. The van der Waals surface area contributed by atoms with E-state index in [0.29, 0.717) is 12.4 Å². The summed E-state index contributed by atoms with van der Waals surface area (Å²) in [5, 5.41) is 5.10. The lowest BCUT2D eigenvalue weighted by Crippen LogP contribution is -2.48. The van der Waals surface area contributed by atoms with Crippen LogP contribution in [0.15, 0.2) is 34.3 Å². The molecule has 0 spiro atoms. The molecule has 2 heterocycles. The molecule has 1 saturated carbocycles. The number of nitrogens with one attached hydrogen (secondary N) is 2. The van der Waals surface area contributed by atoms with Crippen molar-refractivity contribution in [3.63, 3.8) is 0 Å². The number of hydrogen-bond donors (Lipinski definition) is 2. The molecule has 0 atom stereocenters. The average Bonchev–Trinajstić information content (AvgIpc) is 3.39. The number of carbonyl (C=O) groups excluding carboxylic acids is 2. The summed E-state index contributed by atoms with van der Waals surface area (Å²) in [6, 6.07) is 2.76. The van der Waals surface area contributed by atoms with Crippen LogP contribution in [0.4, 0.5) is 23.7 Å². The molecule has 0 unspecified atom stereocenters. The van der Waals surface area contributed by atoms with E-state index >= 15 is 0 Å². The molecule has 0 aromatic heterocycles.